The fraction of sp³-hybridized carbons (Fsp3) is 0. The van der Waals surface area contributed by atoms with E-state index in [2.05, 4.69) is 0 Å². The van der Waals surface area contributed by atoms with Crippen molar-refractivity contribution >= 4 is 23.6 Å². The van der Waals surface area contributed by atoms with Gasteiger partial charge in [-0.05, 0) is 24.3 Å². The van der Waals surface area contributed by atoms with Crippen molar-refractivity contribution in [3.05, 3.63) is 51.2 Å². The summed E-state index contributed by atoms with van der Waals surface area (Å²) in [6.45, 7) is 0. The second kappa shape index (κ2) is 4.39. The smallest absolute Gasteiger partial charge is 0.288 e. The maximum absolute atomic E-state index is 10.7. The number of aldehydes is 1. The Morgan fingerprint density at radius 3 is 2.65 bits per heavy atom. The summed E-state index contributed by atoms with van der Waals surface area (Å²) in [7, 11) is 0. The normalized spacial score (nSPS) is 10.2. The first-order valence-corrected chi connectivity index (χ1v) is 4.99. The topological polar surface area (TPSA) is 73.3 Å². The molecule has 0 atom stereocenters. The largest absolute Gasteiger partial charge is 0.453 e. The summed E-state index contributed by atoms with van der Waals surface area (Å²) < 4.78 is 5.16. The van der Waals surface area contributed by atoms with Crippen molar-refractivity contribution in [3.8, 4) is 11.3 Å². The Balaban J connectivity index is 2.49. The number of nitrogens with zero attached hydrogens (tertiary/aromatic N) is 1. The number of nitro groups is 1. The second-order valence-electron chi connectivity index (χ2n) is 3.24. The van der Waals surface area contributed by atoms with E-state index in [0.29, 0.717) is 17.6 Å². The van der Waals surface area contributed by atoms with Crippen LogP contribution in [0.5, 0.6) is 0 Å². The lowest BCUT2D eigenvalue weighted by Gasteiger charge is -1.98. The summed E-state index contributed by atoms with van der Waals surface area (Å²) in [6.07, 6.45) is 0.563. The first-order valence-electron chi connectivity index (χ1n) is 4.61. The zero-order chi connectivity index (χ0) is 12.4. The zero-order valence-electron chi connectivity index (χ0n) is 8.42. The van der Waals surface area contributed by atoms with E-state index in [1.807, 2.05) is 0 Å². The predicted octanol–water partition coefficient (Wildman–Crippen LogP) is 3.32. The predicted molar refractivity (Wildman–Crippen MR) is 61.2 cm³/mol. The van der Waals surface area contributed by atoms with E-state index in [1.165, 1.54) is 18.2 Å². The molecule has 5 nitrogen and oxygen atoms in total. The molecule has 0 radical (unpaired) electrons. The average Bonchev–Trinajstić information content (AvgIpc) is 2.78. The first-order chi connectivity index (χ1) is 8.11. The van der Waals surface area contributed by atoms with Crippen molar-refractivity contribution in [3.63, 3.8) is 0 Å². The van der Waals surface area contributed by atoms with E-state index in [-0.39, 0.29) is 16.5 Å². The molecule has 0 amide bonds. The molecule has 0 unspecified atom stereocenters. The molecule has 0 N–H and O–H groups in total. The van der Waals surface area contributed by atoms with E-state index in [0.717, 1.165) is 0 Å². The maximum atomic E-state index is 10.7. The Morgan fingerprint density at radius 2 is 2.06 bits per heavy atom. The molecular weight excluding hydrogens is 246 g/mol. The summed E-state index contributed by atoms with van der Waals surface area (Å²) in [5, 5.41) is 10.8. The molecule has 1 aromatic carbocycles. The van der Waals surface area contributed by atoms with Crippen LogP contribution in [0.25, 0.3) is 11.3 Å². The van der Waals surface area contributed by atoms with E-state index in [1.54, 1.807) is 12.1 Å². The molecular formula is C11H6ClNO4. The van der Waals surface area contributed by atoms with Crippen LogP contribution in [0.4, 0.5) is 5.69 Å². The number of carbonyl (C=O) groups is 1. The van der Waals surface area contributed by atoms with Gasteiger partial charge < -0.3 is 4.42 Å². The van der Waals surface area contributed by atoms with Crippen molar-refractivity contribution in [1.82, 2.24) is 0 Å². The standard InChI is InChI=1S/C11H6ClNO4/c12-9-3-1-7(5-10(9)13(15)16)11-4-2-8(6-14)17-11/h1-6H. The Labute approximate surface area is 101 Å². The van der Waals surface area contributed by atoms with E-state index in [9.17, 15) is 14.9 Å². The maximum Gasteiger partial charge on any atom is 0.288 e. The number of carbonyl (C=O) groups excluding carboxylic acids is 1. The molecule has 17 heavy (non-hydrogen) atoms. The minimum atomic E-state index is -0.574. The van der Waals surface area contributed by atoms with Crippen LogP contribution in [0.3, 0.4) is 0 Å². The van der Waals surface area contributed by atoms with Gasteiger partial charge in [0.2, 0.25) is 0 Å². The average molecular weight is 252 g/mol. The Morgan fingerprint density at radius 1 is 1.29 bits per heavy atom. The van der Waals surface area contributed by atoms with Gasteiger partial charge in [-0.3, -0.25) is 14.9 Å². The van der Waals surface area contributed by atoms with E-state index < -0.39 is 4.92 Å². The third-order valence-electron chi connectivity index (χ3n) is 2.17. The molecule has 0 aliphatic rings. The Kier molecular flexibility index (Phi) is 2.93. The highest BCUT2D eigenvalue weighted by Crippen LogP contribution is 2.30. The van der Waals surface area contributed by atoms with Gasteiger partial charge in [0.05, 0.1) is 4.92 Å². The molecule has 0 bridgehead atoms. The molecule has 0 spiro atoms. The lowest BCUT2D eigenvalue weighted by Crippen LogP contribution is -1.89. The number of benzene rings is 1. The Hall–Kier alpha value is -2.14. The molecule has 0 fully saturated rings. The first kappa shape index (κ1) is 11.3. The fourth-order valence-electron chi connectivity index (χ4n) is 1.38. The molecule has 0 saturated heterocycles. The SMILES string of the molecule is O=Cc1ccc(-c2ccc(Cl)c([N+](=O)[O-])c2)o1. The van der Waals surface area contributed by atoms with Gasteiger partial charge in [0.1, 0.15) is 10.8 Å². The molecule has 86 valence electrons. The van der Waals surface area contributed by atoms with E-state index in [4.69, 9.17) is 16.0 Å². The second-order valence-corrected chi connectivity index (χ2v) is 3.65. The molecule has 0 aliphatic heterocycles. The number of rotatable bonds is 3. The summed E-state index contributed by atoms with van der Waals surface area (Å²) in [5.74, 6) is 0.546. The molecule has 1 aromatic heterocycles. The van der Waals surface area contributed by atoms with Crippen LogP contribution in [-0.2, 0) is 0 Å². The van der Waals surface area contributed by atoms with Crippen molar-refractivity contribution < 1.29 is 14.1 Å². The molecule has 6 heteroatoms. The number of hydrogen-bond donors (Lipinski definition) is 0. The van der Waals surface area contributed by atoms with Gasteiger partial charge >= 0.3 is 0 Å². The zero-order valence-corrected chi connectivity index (χ0v) is 9.18. The van der Waals surface area contributed by atoms with Gasteiger partial charge in [-0.25, -0.2) is 0 Å². The number of nitro benzene ring substituents is 1. The van der Waals surface area contributed by atoms with Crippen molar-refractivity contribution in [2.75, 3.05) is 0 Å². The molecule has 0 saturated carbocycles. The van der Waals surface area contributed by atoms with Crippen LogP contribution in [0.1, 0.15) is 10.6 Å². The van der Waals surface area contributed by atoms with Gasteiger partial charge in [-0.2, -0.15) is 0 Å². The number of halogens is 1. The number of hydrogen-bond acceptors (Lipinski definition) is 4. The minimum Gasteiger partial charge on any atom is -0.453 e. The van der Waals surface area contributed by atoms with Crippen LogP contribution in [0, 0.1) is 10.1 Å². The molecule has 0 aliphatic carbocycles. The van der Waals surface area contributed by atoms with Crippen LogP contribution < -0.4 is 0 Å². The van der Waals surface area contributed by atoms with E-state index >= 15 is 0 Å². The van der Waals surface area contributed by atoms with Crippen molar-refractivity contribution in [2.45, 2.75) is 0 Å². The summed E-state index contributed by atoms with van der Waals surface area (Å²) >= 11 is 5.68. The quantitative estimate of drug-likeness (QED) is 0.476. The number of furan rings is 1. The van der Waals surface area contributed by atoms with Gasteiger partial charge in [0, 0.05) is 11.6 Å². The van der Waals surface area contributed by atoms with Crippen LogP contribution in [0.15, 0.2) is 34.7 Å². The Bertz CT molecular complexity index is 591. The summed E-state index contributed by atoms with van der Waals surface area (Å²) in [5.41, 5.74) is 0.294. The van der Waals surface area contributed by atoms with Crippen molar-refractivity contribution in [1.29, 1.82) is 0 Å². The van der Waals surface area contributed by atoms with Gasteiger partial charge in [-0.1, -0.05) is 11.6 Å². The van der Waals surface area contributed by atoms with Crippen molar-refractivity contribution in [2.24, 2.45) is 0 Å². The fourth-order valence-corrected chi connectivity index (χ4v) is 1.56. The highest BCUT2D eigenvalue weighted by Gasteiger charge is 2.15. The highest BCUT2D eigenvalue weighted by molar-refractivity contribution is 6.32. The van der Waals surface area contributed by atoms with Crippen LogP contribution in [0.2, 0.25) is 5.02 Å². The minimum absolute atomic E-state index is 0.0564. The highest BCUT2D eigenvalue weighted by atomic mass is 35.5. The summed E-state index contributed by atoms with van der Waals surface area (Å²) in [4.78, 5) is 20.6. The molecule has 2 aromatic rings. The van der Waals surface area contributed by atoms with Gasteiger partial charge in [-0.15, -0.1) is 0 Å². The molecule has 2 rings (SSSR count). The van der Waals surface area contributed by atoms with Crippen LogP contribution in [-0.4, -0.2) is 11.2 Å². The van der Waals surface area contributed by atoms with Gasteiger partial charge in [0.25, 0.3) is 5.69 Å². The lowest BCUT2D eigenvalue weighted by molar-refractivity contribution is -0.384. The third kappa shape index (κ3) is 2.19. The summed E-state index contributed by atoms with van der Waals surface area (Å²) in [6, 6.07) is 7.36. The monoisotopic (exact) mass is 251 g/mol. The third-order valence-corrected chi connectivity index (χ3v) is 2.49. The van der Waals surface area contributed by atoms with Crippen LogP contribution >= 0.6 is 11.6 Å². The lowest BCUT2D eigenvalue weighted by atomic mass is 10.1. The van der Waals surface area contributed by atoms with Gasteiger partial charge in [0.15, 0.2) is 12.0 Å². The molecule has 1 heterocycles.